The van der Waals surface area contributed by atoms with Crippen LogP contribution in [0, 0.1) is 0 Å². The predicted octanol–water partition coefficient (Wildman–Crippen LogP) is 1.48. The Morgan fingerprint density at radius 1 is 1.23 bits per heavy atom. The third-order valence-corrected chi connectivity index (χ3v) is 4.36. The van der Waals surface area contributed by atoms with Crippen LogP contribution in [-0.4, -0.2) is 46.9 Å². The van der Waals surface area contributed by atoms with E-state index in [0.717, 1.165) is 31.5 Å². The summed E-state index contributed by atoms with van der Waals surface area (Å²) in [5.74, 6) is 0.428. The van der Waals surface area contributed by atoms with E-state index in [1.165, 1.54) is 11.8 Å². The van der Waals surface area contributed by atoms with Gasteiger partial charge in [-0.3, -0.25) is 9.59 Å². The number of nitrogens with one attached hydrogen (secondary N) is 1. The highest BCUT2D eigenvalue weighted by molar-refractivity contribution is 8.15. The van der Waals surface area contributed by atoms with Crippen molar-refractivity contribution in [2.45, 2.75) is 12.8 Å². The van der Waals surface area contributed by atoms with Crippen LogP contribution in [0.15, 0.2) is 34.5 Å². The van der Waals surface area contributed by atoms with Crippen LogP contribution in [-0.2, 0) is 4.79 Å². The molecule has 0 aliphatic carbocycles. The number of hydrogen-bond acceptors (Lipinski definition) is 5. The monoisotopic (exact) mass is 316 g/mol. The predicted molar refractivity (Wildman–Crippen MR) is 87.2 cm³/mol. The van der Waals surface area contributed by atoms with E-state index in [0.29, 0.717) is 16.5 Å². The van der Waals surface area contributed by atoms with E-state index < -0.39 is 0 Å². The molecular weight excluding hydrogens is 300 g/mol. The molecule has 2 heterocycles. The standard InChI is InChI=1S/C15H16N4O2S/c20-13-10-22-15(17-13)18-16-9-11-3-5-12(6-4-11)14(21)19-7-1-2-8-19/h3-6,9H,1-2,7-8,10H2,(H,17,18,20). The maximum atomic E-state index is 12.2. The molecule has 1 aromatic carbocycles. The molecule has 2 fully saturated rings. The molecule has 1 aromatic rings. The van der Waals surface area contributed by atoms with Gasteiger partial charge in [0.1, 0.15) is 0 Å². The van der Waals surface area contributed by atoms with Gasteiger partial charge in [-0.05, 0) is 30.5 Å². The fraction of sp³-hybridized carbons (Fsp3) is 0.333. The van der Waals surface area contributed by atoms with Crippen LogP contribution >= 0.6 is 11.8 Å². The molecule has 2 aliphatic rings. The number of amidine groups is 1. The second-order valence-electron chi connectivity index (χ2n) is 5.11. The van der Waals surface area contributed by atoms with E-state index in [1.54, 1.807) is 18.3 Å². The van der Waals surface area contributed by atoms with Gasteiger partial charge in [0.15, 0.2) is 5.17 Å². The van der Waals surface area contributed by atoms with Gasteiger partial charge >= 0.3 is 0 Å². The minimum atomic E-state index is -0.0521. The molecule has 0 spiro atoms. The quantitative estimate of drug-likeness (QED) is 0.678. The van der Waals surface area contributed by atoms with Crippen LogP contribution in [0.4, 0.5) is 0 Å². The van der Waals surface area contributed by atoms with Crippen LogP contribution in [0.5, 0.6) is 0 Å². The lowest BCUT2D eigenvalue weighted by Crippen LogP contribution is -2.27. The fourth-order valence-corrected chi connectivity index (χ4v) is 2.97. The first-order valence-corrected chi connectivity index (χ1v) is 8.14. The molecule has 0 bridgehead atoms. The summed E-state index contributed by atoms with van der Waals surface area (Å²) in [7, 11) is 0. The van der Waals surface area contributed by atoms with Crippen molar-refractivity contribution in [1.29, 1.82) is 0 Å². The Bertz CT molecular complexity index is 633. The highest BCUT2D eigenvalue weighted by atomic mass is 32.2. The van der Waals surface area contributed by atoms with Crippen LogP contribution < -0.4 is 5.32 Å². The summed E-state index contributed by atoms with van der Waals surface area (Å²) in [5.41, 5.74) is 1.56. The average Bonchev–Trinajstić information content (AvgIpc) is 3.19. The molecule has 3 rings (SSSR count). The molecule has 0 radical (unpaired) electrons. The topological polar surface area (TPSA) is 74.1 Å². The number of likely N-dealkylation sites (tertiary alicyclic amines) is 1. The van der Waals surface area contributed by atoms with Crippen molar-refractivity contribution in [3.63, 3.8) is 0 Å². The lowest BCUT2D eigenvalue weighted by Gasteiger charge is -2.14. The summed E-state index contributed by atoms with van der Waals surface area (Å²) in [5, 5.41) is 11.0. The van der Waals surface area contributed by atoms with Crippen LogP contribution in [0.2, 0.25) is 0 Å². The van der Waals surface area contributed by atoms with Crippen molar-refractivity contribution >= 4 is 35.0 Å². The van der Waals surface area contributed by atoms with E-state index in [4.69, 9.17) is 0 Å². The van der Waals surface area contributed by atoms with E-state index in [-0.39, 0.29) is 11.8 Å². The number of hydrogen-bond donors (Lipinski definition) is 1. The Hall–Kier alpha value is -2.15. The van der Waals surface area contributed by atoms with Gasteiger partial charge in [0, 0.05) is 18.7 Å². The zero-order valence-electron chi connectivity index (χ0n) is 12.0. The second-order valence-corrected chi connectivity index (χ2v) is 6.07. The molecule has 1 N–H and O–H groups in total. The molecule has 7 heteroatoms. The number of rotatable bonds is 3. The molecule has 2 aliphatic heterocycles. The van der Waals surface area contributed by atoms with E-state index in [9.17, 15) is 9.59 Å². The summed E-state index contributed by atoms with van der Waals surface area (Å²) >= 11 is 1.33. The van der Waals surface area contributed by atoms with Crippen molar-refractivity contribution in [2.24, 2.45) is 10.2 Å². The SMILES string of the molecule is O=C1CSC(=NN=Cc2ccc(C(=O)N3CCCC3)cc2)N1. The van der Waals surface area contributed by atoms with Crippen molar-refractivity contribution in [1.82, 2.24) is 10.2 Å². The zero-order chi connectivity index (χ0) is 15.4. The lowest BCUT2D eigenvalue weighted by molar-refractivity contribution is -0.116. The Morgan fingerprint density at radius 2 is 1.95 bits per heavy atom. The van der Waals surface area contributed by atoms with Gasteiger partial charge in [-0.25, -0.2) is 0 Å². The number of carbonyl (C=O) groups excluding carboxylic acids is 2. The Morgan fingerprint density at radius 3 is 2.59 bits per heavy atom. The first kappa shape index (κ1) is 14.8. The summed E-state index contributed by atoms with van der Waals surface area (Å²) in [6.07, 6.45) is 3.78. The van der Waals surface area contributed by atoms with Crippen molar-refractivity contribution < 1.29 is 9.59 Å². The lowest BCUT2D eigenvalue weighted by atomic mass is 10.1. The van der Waals surface area contributed by atoms with Crippen LogP contribution in [0.25, 0.3) is 0 Å². The fourth-order valence-electron chi connectivity index (χ4n) is 2.34. The number of thioether (sulfide) groups is 1. The first-order chi connectivity index (χ1) is 10.7. The molecule has 2 saturated heterocycles. The Kier molecular flexibility index (Phi) is 4.53. The van der Waals surface area contributed by atoms with Gasteiger partial charge in [0.25, 0.3) is 5.91 Å². The van der Waals surface area contributed by atoms with Crippen molar-refractivity contribution in [3.8, 4) is 0 Å². The normalized spacial score (nSPS) is 20.1. The molecule has 0 unspecified atom stereocenters. The van der Waals surface area contributed by atoms with Gasteiger partial charge in [-0.1, -0.05) is 23.9 Å². The summed E-state index contributed by atoms with van der Waals surface area (Å²) in [6, 6.07) is 7.29. The molecule has 2 amide bonds. The molecule has 114 valence electrons. The third kappa shape index (κ3) is 3.54. The van der Waals surface area contributed by atoms with E-state index in [1.807, 2.05) is 17.0 Å². The number of nitrogens with zero attached hydrogens (tertiary/aromatic N) is 3. The molecular formula is C15H16N4O2S. The highest BCUT2D eigenvalue weighted by Gasteiger charge is 2.19. The van der Waals surface area contributed by atoms with E-state index >= 15 is 0 Å². The zero-order valence-corrected chi connectivity index (χ0v) is 12.8. The van der Waals surface area contributed by atoms with Gasteiger partial charge in [0.2, 0.25) is 5.91 Å². The minimum absolute atomic E-state index is 0.0521. The molecule has 6 nitrogen and oxygen atoms in total. The van der Waals surface area contributed by atoms with Crippen molar-refractivity contribution in [3.05, 3.63) is 35.4 Å². The second kappa shape index (κ2) is 6.74. The number of benzene rings is 1. The molecule has 0 saturated carbocycles. The first-order valence-electron chi connectivity index (χ1n) is 7.15. The Labute approximate surface area is 132 Å². The van der Waals surface area contributed by atoms with Crippen molar-refractivity contribution in [2.75, 3.05) is 18.8 Å². The van der Waals surface area contributed by atoms with Gasteiger partial charge in [-0.15, -0.1) is 5.10 Å². The number of amides is 2. The highest BCUT2D eigenvalue weighted by Crippen LogP contribution is 2.13. The van der Waals surface area contributed by atoms with Gasteiger partial charge < -0.3 is 10.2 Å². The minimum Gasteiger partial charge on any atom is -0.339 e. The molecule has 22 heavy (non-hydrogen) atoms. The van der Waals surface area contributed by atoms with Gasteiger partial charge in [0.05, 0.1) is 12.0 Å². The smallest absolute Gasteiger partial charge is 0.253 e. The Balaban J connectivity index is 1.61. The summed E-state index contributed by atoms with van der Waals surface area (Å²) in [6.45, 7) is 1.70. The van der Waals surface area contributed by atoms with Gasteiger partial charge in [-0.2, -0.15) is 5.10 Å². The molecule has 0 atom stereocenters. The van der Waals surface area contributed by atoms with Crippen LogP contribution in [0.1, 0.15) is 28.8 Å². The molecule has 0 aromatic heterocycles. The average molecular weight is 316 g/mol. The maximum Gasteiger partial charge on any atom is 0.253 e. The maximum absolute atomic E-state index is 12.2. The number of carbonyl (C=O) groups is 2. The third-order valence-electron chi connectivity index (χ3n) is 3.49. The van der Waals surface area contributed by atoms with Crippen LogP contribution in [0.3, 0.4) is 0 Å². The largest absolute Gasteiger partial charge is 0.339 e. The summed E-state index contributed by atoms with van der Waals surface area (Å²) in [4.78, 5) is 25.1. The summed E-state index contributed by atoms with van der Waals surface area (Å²) < 4.78 is 0. The van der Waals surface area contributed by atoms with E-state index in [2.05, 4.69) is 15.5 Å².